The van der Waals surface area contributed by atoms with Crippen LogP contribution in [0.2, 0.25) is 0 Å². The largest absolute Gasteiger partial charge is 0.0656 e. The SMILES string of the molecule is CCC.CCCC1CCCCC1C(C)(C)C(C)CCCCCCCC1CC2CCCCC2C1(C)C. The minimum absolute atomic E-state index is 0.533. The Bertz CT molecular complexity index is 540. The average Bonchev–Trinajstić information content (AvgIpc) is 3.09. The molecule has 0 amide bonds. The van der Waals surface area contributed by atoms with Crippen LogP contribution in [0.25, 0.3) is 0 Å². The Morgan fingerprint density at radius 3 is 2.06 bits per heavy atom. The van der Waals surface area contributed by atoms with Gasteiger partial charge in [0.25, 0.3) is 0 Å². The van der Waals surface area contributed by atoms with Crippen molar-refractivity contribution in [2.75, 3.05) is 0 Å². The molecule has 0 aliphatic heterocycles. The molecule has 3 saturated carbocycles. The number of hydrogen-bond acceptors (Lipinski definition) is 0. The lowest BCUT2D eigenvalue weighted by Gasteiger charge is -2.46. The lowest BCUT2D eigenvalue weighted by molar-refractivity contribution is 0.0357. The summed E-state index contributed by atoms with van der Waals surface area (Å²) in [7, 11) is 0. The van der Waals surface area contributed by atoms with Crippen LogP contribution in [-0.2, 0) is 0 Å². The van der Waals surface area contributed by atoms with E-state index in [9.17, 15) is 0 Å². The molecule has 0 aromatic rings. The molecule has 3 fully saturated rings. The van der Waals surface area contributed by atoms with Crippen LogP contribution < -0.4 is 0 Å². The van der Waals surface area contributed by atoms with Gasteiger partial charge in [0.2, 0.25) is 0 Å². The van der Waals surface area contributed by atoms with Gasteiger partial charge in [-0.1, -0.05) is 152 Å². The van der Waals surface area contributed by atoms with Crippen LogP contribution in [0.5, 0.6) is 0 Å². The number of fused-ring (bicyclic) bond motifs is 1. The molecule has 0 saturated heterocycles. The molecule has 0 N–H and O–H groups in total. The molecule has 0 heteroatoms. The molecule has 0 aromatic heterocycles. The van der Waals surface area contributed by atoms with Crippen molar-refractivity contribution >= 4 is 0 Å². The second-order valence-electron chi connectivity index (χ2n) is 14.6. The molecule has 0 heterocycles. The summed E-state index contributed by atoms with van der Waals surface area (Å²) in [6.07, 6.45) is 28.1. The molecule has 0 spiro atoms. The van der Waals surface area contributed by atoms with Gasteiger partial charge in [0, 0.05) is 0 Å². The van der Waals surface area contributed by atoms with Crippen LogP contribution in [0, 0.1) is 46.3 Å². The molecule has 0 aromatic carbocycles. The van der Waals surface area contributed by atoms with Gasteiger partial charge in [-0.15, -0.1) is 0 Å². The van der Waals surface area contributed by atoms with E-state index < -0.39 is 0 Å². The molecule has 3 aliphatic rings. The summed E-state index contributed by atoms with van der Waals surface area (Å²) in [5, 5.41) is 0. The maximum Gasteiger partial charge on any atom is -0.0295 e. The predicted molar refractivity (Wildman–Crippen MR) is 159 cm³/mol. The zero-order valence-electron chi connectivity index (χ0n) is 25.9. The third kappa shape index (κ3) is 8.77. The summed E-state index contributed by atoms with van der Waals surface area (Å²) in [5.74, 6) is 6.01. The third-order valence-electron chi connectivity index (χ3n) is 11.5. The second-order valence-corrected chi connectivity index (χ2v) is 14.6. The number of rotatable bonds is 12. The van der Waals surface area contributed by atoms with E-state index >= 15 is 0 Å². The lowest BCUT2D eigenvalue weighted by Crippen LogP contribution is -2.37. The Hall–Kier alpha value is 0. The minimum Gasteiger partial charge on any atom is -0.0656 e. The minimum atomic E-state index is 0.533. The number of hydrogen-bond donors (Lipinski definition) is 0. The first-order valence-corrected chi connectivity index (χ1v) is 16.7. The Kier molecular flexibility index (Phi) is 13.8. The fourth-order valence-corrected chi connectivity index (χ4v) is 8.94. The summed E-state index contributed by atoms with van der Waals surface area (Å²) < 4.78 is 0. The lowest BCUT2D eigenvalue weighted by atomic mass is 9.59. The normalized spacial score (nSPS) is 31.4. The molecule has 0 radical (unpaired) electrons. The predicted octanol–water partition coefficient (Wildman–Crippen LogP) is 12.3. The van der Waals surface area contributed by atoms with Gasteiger partial charge < -0.3 is 0 Å². The Morgan fingerprint density at radius 2 is 1.37 bits per heavy atom. The highest BCUT2D eigenvalue weighted by Gasteiger charge is 2.48. The van der Waals surface area contributed by atoms with Gasteiger partial charge in [0.05, 0.1) is 0 Å². The number of unbranched alkanes of at least 4 members (excludes halogenated alkanes) is 4. The van der Waals surface area contributed by atoms with E-state index in [4.69, 9.17) is 0 Å². The Balaban J connectivity index is 0.00000137. The van der Waals surface area contributed by atoms with Crippen LogP contribution in [0.3, 0.4) is 0 Å². The van der Waals surface area contributed by atoms with Crippen molar-refractivity contribution in [1.29, 1.82) is 0 Å². The maximum absolute atomic E-state index is 2.62. The summed E-state index contributed by atoms with van der Waals surface area (Å²) in [6, 6.07) is 0. The molecule has 0 nitrogen and oxygen atoms in total. The molecule has 208 valence electrons. The second kappa shape index (κ2) is 15.4. The molecule has 6 atom stereocenters. The highest BCUT2D eigenvalue weighted by Crippen LogP contribution is 2.57. The van der Waals surface area contributed by atoms with Gasteiger partial charge in [-0.25, -0.2) is 0 Å². The monoisotopic (exact) mass is 489 g/mol. The summed E-state index contributed by atoms with van der Waals surface area (Å²) in [6.45, 7) is 19.7. The molecule has 6 unspecified atom stereocenters. The fraction of sp³-hybridized carbons (Fsp3) is 1.00. The average molecular weight is 489 g/mol. The van der Waals surface area contributed by atoms with Gasteiger partial charge in [0.1, 0.15) is 0 Å². The van der Waals surface area contributed by atoms with E-state index in [-0.39, 0.29) is 0 Å². The quantitative estimate of drug-likeness (QED) is 0.239. The molecule has 3 rings (SSSR count). The third-order valence-corrected chi connectivity index (χ3v) is 11.5. The van der Waals surface area contributed by atoms with Crippen LogP contribution in [-0.4, -0.2) is 0 Å². The van der Waals surface area contributed by atoms with Crippen molar-refractivity contribution in [1.82, 2.24) is 0 Å². The van der Waals surface area contributed by atoms with Crippen LogP contribution in [0.15, 0.2) is 0 Å². The van der Waals surface area contributed by atoms with Crippen molar-refractivity contribution in [3.8, 4) is 0 Å². The molecule has 3 aliphatic carbocycles. The zero-order valence-corrected chi connectivity index (χ0v) is 25.9. The fourth-order valence-electron chi connectivity index (χ4n) is 8.94. The van der Waals surface area contributed by atoms with E-state index in [1.807, 2.05) is 0 Å². The van der Waals surface area contributed by atoms with E-state index in [1.54, 1.807) is 12.8 Å². The summed E-state index contributed by atoms with van der Waals surface area (Å²) >= 11 is 0. The van der Waals surface area contributed by atoms with Crippen molar-refractivity contribution in [3.63, 3.8) is 0 Å². The molecular weight excluding hydrogens is 420 g/mol. The van der Waals surface area contributed by atoms with Crippen molar-refractivity contribution < 1.29 is 0 Å². The smallest absolute Gasteiger partial charge is 0.0295 e. The first kappa shape index (κ1) is 31.2. The zero-order chi connectivity index (χ0) is 25.9. The first-order valence-electron chi connectivity index (χ1n) is 16.7. The maximum atomic E-state index is 2.62. The van der Waals surface area contributed by atoms with E-state index in [2.05, 4.69) is 55.4 Å². The van der Waals surface area contributed by atoms with Crippen LogP contribution in [0.4, 0.5) is 0 Å². The van der Waals surface area contributed by atoms with Gasteiger partial charge >= 0.3 is 0 Å². The standard InChI is InChI=1S/C32H60.C3H8/c1-7-17-26-19-13-15-22-29(26)31(3,4)25(2)18-11-9-8-10-12-21-28-24-27-20-14-16-23-30(27)32(28,5)6;1-3-2/h25-30H,7-24H2,1-6H3;3H2,1-2H3. The van der Waals surface area contributed by atoms with Crippen LogP contribution >= 0.6 is 0 Å². The molecule has 35 heavy (non-hydrogen) atoms. The summed E-state index contributed by atoms with van der Waals surface area (Å²) in [4.78, 5) is 0. The van der Waals surface area contributed by atoms with Crippen molar-refractivity contribution in [2.24, 2.45) is 46.3 Å². The highest BCUT2D eigenvalue weighted by molar-refractivity contribution is 4.98. The highest BCUT2D eigenvalue weighted by atomic mass is 14.5. The first-order chi connectivity index (χ1) is 16.7. The van der Waals surface area contributed by atoms with E-state index in [0.717, 1.165) is 35.5 Å². The van der Waals surface area contributed by atoms with Crippen molar-refractivity contribution in [3.05, 3.63) is 0 Å². The van der Waals surface area contributed by atoms with Gasteiger partial charge in [0.15, 0.2) is 0 Å². The van der Waals surface area contributed by atoms with Crippen molar-refractivity contribution in [2.45, 2.75) is 177 Å². The Labute approximate surface area is 223 Å². The van der Waals surface area contributed by atoms with Gasteiger partial charge in [-0.3, -0.25) is 0 Å². The Morgan fingerprint density at radius 1 is 0.771 bits per heavy atom. The molecular formula is C35H68. The van der Waals surface area contributed by atoms with E-state index in [1.165, 1.54) is 109 Å². The summed E-state index contributed by atoms with van der Waals surface area (Å²) in [5.41, 5.74) is 1.16. The topological polar surface area (TPSA) is 0 Å². The van der Waals surface area contributed by atoms with Crippen LogP contribution in [0.1, 0.15) is 177 Å². The van der Waals surface area contributed by atoms with Gasteiger partial charge in [-0.2, -0.15) is 0 Å². The molecule has 0 bridgehead atoms. The van der Waals surface area contributed by atoms with Gasteiger partial charge in [-0.05, 0) is 72.0 Å². The van der Waals surface area contributed by atoms with E-state index in [0.29, 0.717) is 10.8 Å².